The van der Waals surface area contributed by atoms with Crippen molar-refractivity contribution in [3.8, 4) is 0 Å². The highest BCUT2D eigenvalue weighted by Crippen LogP contribution is 1.98. The van der Waals surface area contributed by atoms with Crippen LogP contribution in [0.4, 0.5) is 0 Å². The van der Waals surface area contributed by atoms with E-state index in [1.54, 1.807) is 6.92 Å². The van der Waals surface area contributed by atoms with Gasteiger partial charge in [-0.05, 0) is 20.3 Å². The lowest BCUT2D eigenvalue weighted by atomic mass is 10.2. The summed E-state index contributed by atoms with van der Waals surface area (Å²) in [5, 5.41) is 3.59. The Hall–Kier alpha value is -1.10. The molecule has 0 saturated carbocycles. The summed E-state index contributed by atoms with van der Waals surface area (Å²) >= 11 is 3.30. The molecule has 0 spiro atoms. The summed E-state index contributed by atoms with van der Waals surface area (Å²) < 4.78 is 0. The molecule has 1 rings (SSSR count). The molecule has 1 heterocycles. The van der Waals surface area contributed by atoms with Gasteiger partial charge in [0.2, 0.25) is 0 Å². The summed E-state index contributed by atoms with van der Waals surface area (Å²) in [6.45, 7) is 3.68. The van der Waals surface area contributed by atoms with Gasteiger partial charge in [-0.15, -0.1) is 0 Å². The number of hydrogen-bond acceptors (Lipinski definition) is 2. The predicted octanol–water partition coefficient (Wildman–Crippen LogP) is 1.59. The molecule has 5 heteroatoms. The van der Waals surface area contributed by atoms with Crippen LogP contribution in [0.5, 0.6) is 0 Å². The van der Waals surface area contributed by atoms with Crippen molar-refractivity contribution >= 4 is 21.8 Å². The van der Waals surface area contributed by atoms with Crippen molar-refractivity contribution in [2.45, 2.75) is 26.3 Å². The number of alkyl halides is 1. The Morgan fingerprint density at radius 1 is 1.62 bits per heavy atom. The number of carbonyl (C=O) groups is 1. The third kappa shape index (κ3) is 3.48. The summed E-state index contributed by atoms with van der Waals surface area (Å²) in [6.07, 6.45) is 2.28. The highest BCUT2D eigenvalue weighted by atomic mass is 79.9. The van der Waals surface area contributed by atoms with Crippen molar-refractivity contribution in [2.75, 3.05) is 5.33 Å². The second kappa shape index (κ2) is 5.84. The molecule has 0 fully saturated rings. The van der Waals surface area contributed by atoms with E-state index in [1.165, 1.54) is 12.3 Å². The maximum atomic E-state index is 11.7. The zero-order chi connectivity index (χ0) is 12.1. The first-order chi connectivity index (χ1) is 7.54. The normalized spacial score (nSPS) is 12.2. The van der Waals surface area contributed by atoms with Crippen LogP contribution in [0.3, 0.4) is 0 Å². The van der Waals surface area contributed by atoms with E-state index in [0.29, 0.717) is 0 Å². The average Bonchev–Trinajstić information content (AvgIpc) is 2.17. The monoisotopic (exact) mass is 286 g/mol. The number of hydrogen-bond donors (Lipinski definition) is 2. The van der Waals surface area contributed by atoms with Crippen LogP contribution in [-0.4, -0.2) is 22.3 Å². The number of halogens is 1. The van der Waals surface area contributed by atoms with Gasteiger partial charge in [-0.1, -0.05) is 15.9 Å². The second-order valence-electron chi connectivity index (χ2n) is 3.75. The second-order valence-corrected chi connectivity index (χ2v) is 4.54. The molecular weight excluding hydrogens is 272 g/mol. The van der Waals surface area contributed by atoms with E-state index in [9.17, 15) is 9.59 Å². The molecule has 0 aliphatic carbocycles. The molecule has 1 aromatic heterocycles. The molecule has 0 aliphatic heterocycles. The number of carbonyl (C=O) groups excluding carboxylic acids is 1. The molecule has 1 aromatic rings. The molecule has 4 nitrogen and oxygen atoms in total. The first-order valence-electron chi connectivity index (χ1n) is 5.10. The zero-order valence-electron chi connectivity index (χ0n) is 9.34. The van der Waals surface area contributed by atoms with Crippen molar-refractivity contribution in [1.29, 1.82) is 0 Å². The molecule has 1 amide bonds. The standard InChI is InChI=1S/C11H15BrN2O2/c1-7(3-4-12)14-11(16)9-6-13-8(2)5-10(9)15/h5-7H,3-4H2,1-2H3,(H,13,15)(H,14,16). The van der Waals surface area contributed by atoms with Crippen LogP contribution in [0.15, 0.2) is 17.1 Å². The minimum atomic E-state index is -0.324. The van der Waals surface area contributed by atoms with Crippen molar-refractivity contribution < 1.29 is 4.79 Å². The Morgan fingerprint density at radius 3 is 2.88 bits per heavy atom. The lowest BCUT2D eigenvalue weighted by Gasteiger charge is -2.11. The molecule has 0 radical (unpaired) electrons. The molecule has 88 valence electrons. The zero-order valence-corrected chi connectivity index (χ0v) is 10.9. The summed E-state index contributed by atoms with van der Waals surface area (Å²) in [7, 11) is 0. The number of H-pyrrole nitrogens is 1. The fourth-order valence-electron chi connectivity index (χ4n) is 1.29. The molecular formula is C11H15BrN2O2. The van der Waals surface area contributed by atoms with Crippen LogP contribution in [0, 0.1) is 6.92 Å². The van der Waals surface area contributed by atoms with Gasteiger partial charge in [0.15, 0.2) is 5.43 Å². The Morgan fingerprint density at radius 2 is 2.31 bits per heavy atom. The Bertz CT molecular complexity index is 428. The summed E-state index contributed by atoms with van der Waals surface area (Å²) in [6, 6.07) is 1.47. The maximum Gasteiger partial charge on any atom is 0.256 e. The number of rotatable bonds is 4. The van der Waals surface area contributed by atoms with Gasteiger partial charge in [-0.3, -0.25) is 9.59 Å². The van der Waals surface area contributed by atoms with E-state index in [-0.39, 0.29) is 22.9 Å². The van der Waals surface area contributed by atoms with Gasteiger partial charge < -0.3 is 10.3 Å². The van der Waals surface area contributed by atoms with Gasteiger partial charge in [0, 0.05) is 29.3 Å². The van der Waals surface area contributed by atoms with E-state index in [1.807, 2.05) is 6.92 Å². The number of amides is 1. The molecule has 2 N–H and O–H groups in total. The minimum Gasteiger partial charge on any atom is -0.364 e. The first kappa shape index (κ1) is 13.0. The fraction of sp³-hybridized carbons (Fsp3) is 0.455. The minimum absolute atomic E-state index is 0.0487. The highest BCUT2D eigenvalue weighted by molar-refractivity contribution is 9.09. The Labute approximate surface area is 103 Å². The summed E-state index contributed by atoms with van der Waals surface area (Å²) in [4.78, 5) is 26.1. The van der Waals surface area contributed by atoms with Crippen LogP contribution in [0.2, 0.25) is 0 Å². The predicted molar refractivity (Wildman–Crippen MR) is 67.1 cm³/mol. The quantitative estimate of drug-likeness (QED) is 0.826. The van der Waals surface area contributed by atoms with Gasteiger partial charge in [0.05, 0.1) is 0 Å². The van der Waals surface area contributed by atoms with Gasteiger partial charge in [-0.2, -0.15) is 0 Å². The van der Waals surface area contributed by atoms with E-state index in [4.69, 9.17) is 0 Å². The van der Waals surface area contributed by atoms with Crippen molar-refractivity contribution in [3.05, 3.63) is 33.7 Å². The number of nitrogens with one attached hydrogen (secondary N) is 2. The Kier molecular flexibility index (Phi) is 4.73. The number of aromatic nitrogens is 1. The van der Waals surface area contributed by atoms with Crippen molar-refractivity contribution in [2.24, 2.45) is 0 Å². The third-order valence-corrected chi connectivity index (χ3v) is 2.68. The average molecular weight is 287 g/mol. The van der Waals surface area contributed by atoms with E-state index in [0.717, 1.165) is 17.4 Å². The van der Waals surface area contributed by atoms with Crippen molar-refractivity contribution in [1.82, 2.24) is 10.3 Å². The molecule has 16 heavy (non-hydrogen) atoms. The van der Waals surface area contributed by atoms with Gasteiger partial charge in [0.25, 0.3) is 5.91 Å². The Balaban J connectivity index is 2.77. The van der Waals surface area contributed by atoms with Crippen LogP contribution in [0.25, 0.3) is 0 Å². The number of pyridine rings is 1. The van der Waals surface area contributed by atoms with Crippen LogP contribution in [0.1, 0.15) is 29.4 Å². The van der Waals surface area contributed by atoms with Crippen LogP contribution >= 0.6 is 15.9 Å². The molecule has 0 aliphatic rings. The number of aryl methyl sites for hydroxylation is 1. The fourth-order valence-corrected chi connectivity index (χ4v) is 1.97. The molecule has 1 unspecified atom stereocenters. The molecule has 0 saturated heterocycles. The first-order valence-corrected chi connectivity index (χ1v) is 6.23. The summed E-state index contributed by atoms with van der Waals surface area (Å²) in [5.41, 5.74) is 0.655. The summed E-state index contributed by atoms with van der Waals surface area (Å²) in [5.74, 6) is -0.324. The van der Waals surface area contributed by atoms with Crippen LogP contribution in [-0.2, 0) is 0 Å². The molecule has 1 atom stereocenters. The van der Waals surface area contributed by atoms with E-state index >= 15 is 0 Å². The van der Waals surface area contributed by atoms with Crippen LogP contribution < -0.4 is 10.7 Å². The molecule has 0 aromatic carbocycles. The third-order valence-electron chi connectivity index (χ3n) is 2.22. The van der Waals surface area contributed by atoms with Gasteiger partial charge in [0.1, 0.15) is 5.56 Å². The lowest BCUT2D eigenvalue weighted by Crippen LogP contribution is -2.35. The highest BCUT2D eigenvalue weighted by Gasteiger charge is 2.12. The SMILES string of the molecule is Cc1cc(=O)c(C(=O)NC(C)CCBr)c[nH]1. The van der Waals surface area contributed by atoms with E-state index < -0.39 is 0 Å². The molecule has 0 bridgehead atoms. The van der Waals surface area contributed by atoms with Gasteiger partial charge >= 0.3 is 0 Å². The largest absolute Gasteiger partial charge is 0.364 e. The van der Waals surface area contributed by atoms with E-state index in [2.05, 4.69) is 26.2 Å². The smallest absolute Gasteiger partial charge is 0.256 e. The van der Waals surface area contributed by atoms with Gasteiger partial charge in [-0.25, -0.2) is 0 Å². The lowest BCUT2D eigenvalue weighted by molar-refractivity contribution is 0.0938. The topological polar surface area (TPSA) is 62.0 Å². The van der Waals surface area contributed by atoms with Crippen molar-refractivity contribution in [3.63, 3.8) is 0 Å². The number of aromatic amines is 1. The maximum absolute atomic E-state index is 11.7.